The average Bonchev–Trinajstić information content (AvgIpc) is 2.78. The molecule has 0 radical (unpaired) electrons. The van der Waals surface area contributed by atoms with E-state index in [1.54, 1.807) is 11.8 Å². The highest BCUT2D eigenvalue weighted by molar-refractivity contribution is 7.98. The molecule has 0 spiro atoms. The molecule has 0 aliphatic carbocycles. The first-order valence-electron chi connectivity index (χ1n) is 5.28. The minimum absolute atomic E-state index is 0.147. The maximum absolute atomic E-state index is 11.7. The first kappa shape index (κ1) is 14.6. The molecule has 2 N–H and O–H groups in total. The second kappa shape index (κ2) is 7.05. The molecule has 0 saturated heterocycles. The predicted octanol–water partition coefficient (Wildman–Crippen LogP) is 1.19. The van der Waals surface area contributed by atoms with Gasteiger partial charge in [0.1, 0.15) is 12.4 Å². The number of sulfonamides is 1. The van der Waals surface area contributed by atoms with Gasteiger partial charge in [0, 0.05) is 6.54 Å². The molecule has 0 unspecified atom stereocenters. The van der Waals surface area contributed by atoms with Crippen molar-refractivity contribution in [3.63, 3.8) is 0 Å². The zero-order valence-corrected chi connectivity index (χ0v) is 11.3. The van der Waals surface area contributed by atoms with E-state index in [0.29, 0.717) is 6.54 Å². The van der Waals surface area contributed by atoms with Gasteiger partial charge in [-0.3, -0.25) is 0 Å². The molecule has 5 nitrogen and oxygen atoms in total. The Labute approximate surface area is 106 Å². The third kappa shape index (κ3) is 4.71. The summed E-state index contributed by atoms with van der Waals surface area (Å²) >= 11 is 1.74. The summed E-state index contributed by atoms with van der Waals surface area (Å²) in [6.07, 6.45) is 3.79. The van der Waals surface area contributed by atoms with Crippen molar-refractivity contribution in [2.45, 2.75) is 24.5 Å². The summed E-state index contributed by atoms with van der Waals surface area (Å²) in [6, 6.07) is 2.79. The maximum Gasteiger partial charge on any atom is 0.273 e. The van der Waals surface area contributed by atoms with Crippen LogP contribution in [0.4, 0.5) is 0 Å². The molecule has 0 aromatic carbocycles. The van der Waals surface area contributed by atoms with Gasteiger partial charge in [0.15, 0.2) is 0 Å². The molecule has 1 rings (SSSR count). The van der Waals surface area contributed by atoms with E-state index in [9.17, 15) is 8.42 Å². The monoisotopic (exact) mass is 279 g/mol. The van der Waals surface area contributed by atoms with Crippen molar-refractivity contribution >= 4 is 21.8 Å². The minimum atomic E-state index is -3.57. The van der Waals surface area contributed by atoms with Gasteiger partial charge in [-0.1, -0.05) is 0 Å². The second-order valence-corrected chi connectivity index (χ2v) is 6.16. The lowest BCUT2D eigenvalue weighted by atomic mass is 10.3. The quantitative estimate of drug-likeness (QED) is 0.699. The van der Waals surface area contributed by atoms with E-state index in [2.05, 4.69) is 4.72 Å². The molecule has 1 aromatic rings. The van der Waals surface area contributed by atoms with Gasteiger partial charge < -0.3 is 9.52 Å². The van der Waals surface area contributed by atoms with E-state index in [4.69, 9.17) is 9.52 Å². The van der Waals surface area contributed by atoms with Crippen LogP contribution in [0.5, 0.6) is 0 Å². The van der Waals surface area contributed by atoms with Crippen LogP contribution >= 0.6 is 11.8 Å². The van der Waals surface area contributed by atoms with Crippen LogP contribution in [0.2, 0.25) is 0 Å². The van der Waals surface area contributed by atoms with Crippen molar-refractivity contribution in [1.29, 1.82) is 0 Å². The Morgan fingerprint density at radius 1 is 1.41 bits per heavy atom. The van der Waals surface area contributed by atoms with E-state index in [0.717, 1.165) is 18.6 Å². The molecule has 1 heterocycles. The molecule has 0 fully saturated rings. The molecule has 0 saturated carbocycles. The summed E-state index contributed by atoms with van der Waals surface area (Å²) < 4.78 is 30.8. The lowest BCUT2D eigenvalue weighted by molar-refractivity contribution is 0.236. The third-order valence-corrected chi connectivity index (χ3v) is 4.16. The molecule has 7 heteroatoms. The van der Waals surface area contributed by atoms with Gasteiger partial charge in [-0.15, -0.1) is 0 Å². The van der Waals surface area contributed by atoms with Gasteiger partial charge in [-0.2, -0.15) is 11.8 Å². The molecular formula is C10H17NO4S2. The lowest BCUT2D eigenvalue weighted by Gasteiger charge is -2.03. The van der Waals surface area contributed by atoms with E-state index in [1.807, 2.05) is 6.26 Å². The zero-order valence-electron chi connectivity index (χ0n) is 9.68. The van der Waals surface area contributed by atoms with Crippen LogP contribution < -0.4 is 4.72 Å². The standard InChI is InChI=1S/C10H17NO4S2/c1-16-7-3-2-6-11-17(13,14)10-5-4-9(8-12)15-10/h4-5,11-12H,2-3,6-8H2,1H3. The number of furan rings is 1. The summed E-state index contributed by atoms with van der Waals surface area (Å²) in [7, 11) is -3.57. The van der Waals surface area contributed by atoms with Crippen molar-refractivity contribution in [3.8, 4) is 0 Å². The van der Waals surface area contributed by atoms with E-state index in [1.165, 1.54) is 12.1 Å². The summed E-state index contributed by atoms with van der Waals surface area (Å²) in [5.41, 5.74) is 0. The van der Waals surface area contributed by atoms with Crippen LogP contribution in [0.25, 0.3) is 0 Å². The Morgan fingerprint density at radius 3 is 2.76 bits per heavy atom. The molecular weight excluding hydrogens is 262 g/mol. The summed E-state index contributed by atoms with van der Waals surface area (Å²) in [4.78, 5) is 0. The fourth-order valence-electron chi connectivity index (χ4n) is 1.24. The van der Waals surface area contributed by atoms with E-state index >= 15 is 0 Å². The van der Waals surface area contributed by atoms with Crippen LogP contribution in [-0.4, -0.2) is 32.1 Å². The van der Waals surface area contributed by atoms with E-state index in [-0.39, 0.29) is 17.5 Å². The normalized spacial score (nSPS) is 11.9. The van der Waals surface area contributed by atoms with Crippen molar-refractivity contribution < 1.29 is 17.9 Å². The number of unbranched alkanes of at least 4 members (excludes halogenated alkanes) is 1. The number of aliphatic hydroxyl groups excluding tert-OH is 1. The summed E-state index contributed by atoms with van der Waals surface area (Å²) in [6.45, 7) is 0.0985. The fourth-order valence-corrected chi connectivity index (χ4v) is 2.75. The zero-order chi connectivity index (χ0) is 12.7. The molecule has 1 aromatic heterocycles. The number of thioether (sulfide) groups is 1. The fraction of sp³-hybridized carbons (Fsp3) is 0.600. The first-order chi connectivity index (χ1) is 8.10. The van der Waals surface area contributed by atoms with Crippen LogP contribution in [0, 0.1) is 0 Å². The van der Waals surface area contributed by atoms with Gasteiger partial charge >= 0.3 is 0 Å². The Morgan fingerprint density at radius 2 is 2.18 bits per heavy atom. The Balaban J connectivity index is 2.45. The summed E-state index contributed by atoms with van der Waals surface area (Å²) in [5, 5.41) is 8.63. The van der Waals surface area contributed by atoms with Crippen LogP contribution in [-0.2, 0) is 16.6 Å². The maximum atomic E-state index is 11.7. The molecule has 0 atom stereocenters. The highest BCUT2D eigenvalue weighted by Gasteiger charge is 2.17. The van der Waals surface area contributed by atoms with Crippen molar-refractivity contribution in [2.75, 3.05) is 18.6 Å². The molecule has 0 amide bonds. The Bertz CT molecular complexity index is 427. The number of nitrogens with one attached hydrogen (secondary N) is 1. The highest BCUT2D eigenvalue weighted by atomic mass is 32.2. The topological polar surface area (TPSA) is 79.5 Å². The minimum Gasteiger partial charge on any atom is -0.446 e. The number of hydrogen-bond donors (Lipinski definition) is 2. The molecule has 17 heavy (non-hydrogen) atoms. The highest BCUT2D eigenvalue weighted by Crippen LogP contribution is 2.13. The summed E-state index contributed by atoms with van der Waals surface area (Å²) in [5.74, 6) is 1.27. The average molecular weight is 279 g/mol. The molecule has 0 bridgehead atoms. The van der Waals surface area contributed by atoms with Gasteiger partial charge in [0.2, 0.25) is 5.09 Å². The first-order valence-corrected chi connectivity index (χ1v) is 8.16. The Kier molecular flexibility index (Phi) is 6.04. The molecule has 0 aliphatic heterocycles. The number of hydrogen-bond acceptors (Lipinski definition) is 5. The second-order valence-electron chi connectivity index (χ2n) is 3.48. The lowest BCUT2D eigenvalue weighted by Crippen LogP contribution is -2.24. The molecule has 98 valence electrons. The third-order valence-electron chi connectivity index (χ3n) is 2.13. The van der Waals surface area contributed by atoms with E-state index < -0.39 is 10.0 Å². The largest absolute Gasteiger partial charge is 0.446 e. The van der Waals surface area contributed by atoms with Crippen molar-refractivity contribution in [1.82, 2.24) is 4.72 Å². The van der Waals surface area contributed by atoms with Gasteiger partial charge in [-0.05, 0) is 37.0 Å². The van der Waals surface area contributed by atoms with Crippen molar-refractivity contribution in [3.05, 3.63) is 17.9 Å². The predicted molar refractivity (Wildman–Crippen MR) is 67.4 cm³/mol. The van der Waals surface area contributed by atoms with Gasteiger partial charge in [0.05, 0.1) is 0 Å². The van der Waals surface area contributed by atoms with Gasteiger partial charge in [0.25, 0.3) is 10.0 Å². The van der Waals surface area contributed by atoms with Crippen LogP contribution in [0.3, 0.4) is 0 Å². The van der Waals surface area contributed by atoms with Crippen LogP contribution in [0.1, 0.15) is 18.6 Å². The van der Waals surface area contributed by atoms with Gasteiger partial charge in [-0.25, -0.2) is 13.1 Å². The van der Waals surface area contributed by atoms with Crippen molar-refractivity contribution in [2.24, 2.45) is 0 Å². The van der Waals surface area contributed by atoms with Crippen LogP contribution in [0.15, 0.2) is 21.6 Å². The molecule has 0 aliphatic rings. The number of aliphatic hydroxyl groups is 1. The Hall–Kier alpha value is -0.500. The smallest absolute Gasteiger partial charge is 0.273 e. The number of rotatable bonds is 8. The SMILES string of the molecule is CSCCCCNS(=O)(=O)c1ccc(CO)o1.